The molecular formula is C12H20N4O. The van der Waals surface area contributed by atoms with Crippen molar-refractivity contribution in [1.29, 1.82) is 0 Å². The molecule has 0 radical (unpaired) electrons. The second kappa shape index (κ2) is 3.78. The molecule has 0 aromatic carbocycles. The van der Waals surface area contributed by atoms with E-state index in [0.717, 1.165) is 12.4 Å². The van der Waals surface area contributed by atoms with Crippen LogP contribution in [0, 0.1) is 11.3 Å². The van der Waals surface area contributed by atoms with Crippen molar-refractivity contribution in [3.63, 3.8) is 0 Å². The highest BCUT2D eigenvalue weighted by Crippen LogP contribution is 2.52. The SMILES string of the molecule is CC(NC1C2CCOC2C1(C)C)c1ncn[nH]1. The van der Waals surface area contributed by atoms with Crippen molar-refractivity contribution < 1.29 is 4.74 Å². The number of aromatic amines is 1. The van der Waals surface area contributed by atoms with E-state index in [9.17, 15) is 0 Å². The summed E-state index contributed by atoms with van der Waals surface area (Å²) in [5.74, 6) is 1.57. The van der Waals surface area contributed by atoms with Crippen molar-refractivity contribution in [3.05, 3.63) is 12.2 Å². The first kappa shape index (κ1) is 11.2. The molecule has 17 heavy (non-hydrogen) atoms. The molecule has 94 valence electrons. The average molecular weight is 236 g/mol. The van der Waals surface area contributed by atoms with E-state index in [-0.39, 0.29) is 11.5 Å². The van der Waals surface area contributed by atoms with Gasteiger partial charge >= 0.3 is 0 Å². The highest BCUT2D eigenvalue weighted by Gasteiger charge is 2.59. The Bertz CT molecular complexity index is 389. The Morgan fingerprint density at radius 2 is 2.41 bits per heavy atom. The number of rotatable bonds is 3. The minimum atomic E-state index is 0.211. The molecule has 1 aromatic heterocycles. The molecule has 2 N–H and O–H groups in total. The van der Waals surface area contributed by atoms with Crippen molar-refractivity contribution in [3.8, 4) is 0 Å². The summed E-state index contributed by atoms with van der Waals surface area (Å²) in [6.45, 7) is 7.60. The molecule has 4 unspecified atom stereocenters. The van der Waals surface area contributed by atoms with Gasteiger partial charge in [0.2, 0.25) is 0 Å². The maximum atomic E-state index is 5.79. The van der Waals surface area contributed by atoms with Crippen LogP contribution in [0.4, 0.5) is 0 Å². The van der Waals surface area contributed by atoms with Crippen molar-refractivity contribution in [2.24, 2.45) is 11.3 Å². The van der Waals surface area contributed by atoms with Gasteiger partial charge in [-0.2, -0.15) is 5.10 Å². The number of nitrogens with zero attached hydrogens (tertiary/aromatic N) is 2. The number of fused-ring (bicyclic) bond motifs is 1. The number of aromatic nitrogens is 3. The van der Waals surface area contributed by atoms with Crippen LogP contribution in [0.25, 0.3) is 0 Å². The third-order valence-electron chi connectivity index (χ3n) is 4.37. The maximum absolute atomic E-state index is 5.79. The fraction of sp³-hybridized carbons (Fsp3) is 0.833. The van der Waals surface area contributed by atoms with Crippen LogP contribution in [0.3, 0.4) is 0 Å². The molecule has 4 atom stereocenters. The van der Waals surface area contributed by atoms with E-state index in [2.05, 4.69) is 41.3 Å². The summed E-state index contributed by atoms with van der Waals surface area (Å²) in [7, 11) is 0. The predicted molar refractivity (Wildman–Crippen MR) is 63.3 cm³/mol. The van der Waals surface area contributed by atoms with Crippen LogP contribution in [0.15, 0.2) is 6.33 Å². The van der Waals surface area contributed by atoms with E-state index in [1.54, 1.807) is 6.33 Å². The van der Waals surface area contributed by atoms with Crippen LogP contribution in [0.2, 0.25) is 0 Å². The summed E-state index contributed by atoms with van der Waals surface area (Å²) < 4.78 is 5.79. The lowest BCUT2D eigenvalue weighted by Gasteiger charge is -2.55. The smallest absolute Gasteiger partial charge is 0.141 e. The predicted octanol–water partition coefficient (Wildman–Crippen LogP) is 1.27. The zero-order valence-electron chi connectivity index (χ0n) is 10.6. The number of nitrogens with one attached hydrogen (secondary N) is 2. The van der Waals surface area contributed by atoms with E-state index in [1.165, 1.54) is 6.42 Å². The molecule has 0 spiro atoms. The van der Waals surface area contributed by atoms with E-state index >= 15 is 0 Å². The van der Waals surface area contributed by atoms with E-state index in [4.69, 9.17) is 4.74 Å². The molecule has 1 aliphatic heterocycles. The van der Waals surface area contributed by atoms with Gasteiger partial charge in [0.25, 0.3) is 0 Å². The van der Waals surface area contributed by atoms with Crippen molar-refractivity contribution in [2.45, 2.75) is 45.4 Å². The first-order valence-corrected chi connectivity index (χ1v) is 6.33. The largest absolute Gasteiger partial charge is 0.377 e. The molecule has 1 saturated heterocycles. The number of hydrogen-bond donors (Lipinski definition) is 2. The minimum absolute atomic E-state index is 0.211. The van der Waals surface area contributed by atoms with Crippen LogP contribution in [-0.4, -0.2) is 33.9 Å². The van der Waals surface area contributed by atoms with Gasteiger partial charge in [-0.05, 0) is 13.3 Å². The molecule has 1 aliphatic carbocycles. The lowest BCUT2D eigenvalue weighted by Crippen LogP contribution is -2.66. The molecule has 1 saturated carbocycles. The van der Waals surface area contributed by atoms with Gasteiger partial charge in [-0.15, -0.1) is 0 Å². The first-order valence-electron chi connectivity index (χ1n) is 6.33. The van der Waals surface area contributed by atoms with Gasteiger partial charge in [-0.25, -0.2) is 4.98 Å². The second-order valence-corrected chi connectivity index (χ2v) is 5.80. The monoisotopic (exact) mass is 236 g/mol. The molecular weight excluding hydrogens is 216 g/mol. The number of H-pyrrole nitrogens is 1. The van der Waals surface area contributed by atoms with Gasteiger partial charge in [0.15, 0.2) is 0 Å². The van der Waals surface area contributed by atoms with Crippen LogP contribution >= 0.6 is 0 Å². The minimum Gasteiger partial charge on any atom is -0.377 e. The normalized spacial score (nSPS) is 36.3. The first-order chi connectivity index (χ1) is 8.10. The van der Waals surface area contributed by atoms with Gasteiger partial charge in [-0.1, -0.05) is 13.8 Å². The van der Waals surface area contributed by atoms with Crippen LogP contribution in [0.5, 0.6) is 0 Å². The zero-order valence-corrected chi connectivity index (χ0v) is 10.6. The summed E-state index contributed by atoms with van der Waals surface area (Å²) in [6, 6.07) is 0.721. The molecule has 0 bridgehead atoms. The van der Waals surface area contributed by atoms with Gasteiger partial charge in [0.05, 0.1) is 12.1 Å². The lowest BCUT2D eigenvalue weighted by molar-refractivity contribution is -0.115. The topological polar surface area (TPSA) is 62.8 Å². The van der Waals surface area contributed by atoms with Crippen molar-refractivity contribution in [2.75, 3.05) is 6.61 Å². The molecule has 2 aliphatic rings. The van der Waals surface area contributed by atoms with Crippen LogP contribution in [-0.2, 0) is 4.74 Å². The number of hydrogen-bond acceptors (Lipinski definition) is 4. The highest BCUT2D eigenvalue weighted by molar-refractivity contribution is 5.12. The summed E-state index contributed by atoms with van der Waals surface area (Å²) in [5, 5.41) is 10.5. The molecule has 2 fully saturated rings. The van der Waals surface area contributed by atoms with Gasteiger partial charge in [0, 0.05) is 24.0 Å². The summed E-state index contributed by atoms with van der Waals surface area (Å²) in [5.41, 5.74) is 0.218. The Hall–Kier alpha value is -0.940. The third kappa shape index (κ3) is 1.60. The van der Waals surface area contributed by atoms with Crippen LogP contribution in [0.1, 0.15) is 39.1 Å². The molecule has 1 aromatic rings. The Balaban J connectivity index is 1.69. The number of ether oxygens (including phenoxy) is 1. The van der Waals surface area contributed by atoms with Gasteiger partial charge < -0.3 is 10.1 Å². The van der Waals surface area contributed by atoms with Crippen LogP contribution < -0.4 is 5.32 Å². The molecule has 5 heteroatoms. The lowest BCUT2D eigenvalue weighted by atomic mass is 9.57. The fourth-order valence-corrected chi connectivity index (χ4v) is 3.43. The van der Waals surface area contributed by atoms with E-state index in [1.807, 2.05) is 0 Å². The maximum Gasteiger partial charge on any atom is 0.141 e. The molecule has 3 rings (SSSR count). The Morgan fingerprint density at radius 3 is 3.12 bits per heavy atom. The van der Waals surface area contributed by atoms with Gasteiger partial charge in [-0.3, -0.25) is 5.10 Å². The summed E-state index contributed by atoms with van der Waals surface area (Å²) >= 11 is 0. The molecule has 5 nitrogen and oxygen atoms in total. The average Bonchev–Trinajstić information content (AvgIpc) is 2.95. The summed E-state index contributed by atoms with van der Waals surface area (Å²) in [4.78, 5) is 4.20. The quantitative estimate of drug-likeness (QED) is 0.829. The summed E-state index contributed by atoms with van der Waals surface area (Å²) in [6.07, 6.45) is 3.16. The standard InChI is InChI=1S/C12H20N4O/c1-7(11-13-6-14-16-11)15-9-8-4-5-17-10(8)12(9,2)3/h6-10,15H,4-5H2,1-3H3,(H,13,14,16). The van der Waals surface area contributed by atoms with Crippen molar-refractivity contribution in [1.82, 2.24) is 20.5 Å². The Kier molecular flexibility index (Phi) is 2.48. The third-order valence-corrected chi connectivity index (χ3v) is 4.37. The molecule has 0 amide bonds. The van der Waals surface area contributed by atoms with Crippen molar-refractivity contribution >= 4 is 0 Å². The Labute approximate surface area is 101 Å². The Morgan fingerprint density at radius 1 is 1.59 bits per heavy atom. The fourth-order valence-electron chi connectivity index (χ4n) is 3.43. The zero-order chi connectivity index (χ0) is 12.0. The second-order valence-electron chi connectivity index (χ2n) is 5.80. The van der Waals surface area contributed by atoms with E-state index in [0.29, 0.717) is 18.1 Å². The van der Waals surface area contributed by atoms with E-state index < -0.39 is 0 Å². The highest BCUT2D eigenvalue weighted by atomic mass is 16.5. The molecule has 2 heterocycles. The van der Waals surface area contributed by atoms with Gasteiger partial charge in [0.1, 0.15) is 12.2 Å².